The first-order chi connectivity index (χ1) is 7.95. The molecule has 1 aromatic rings. The highest BCUT2D eigenvalue weighted by Crippen LogP contribution is 2.17. The summed E-state index contributed by atoms with van der Waals surface area (Å²) in [5.74, 6) is 3.12. The number of terminal acetylenes is 1. The first kappa shape index (κ1) is 13.2. The van der Waals surface area contributed by atoms with E-state index >= 15 is 0 Å². The summed E-state index contributed by atoms with van der Waals surface area (Å²) in [5.41, 5.74) is -0.144. The van der Waals surface area contributed by atoms with E-state index in [-0.39, 0.29) is 17.1 Å². The molecule has 5 nitrogen and oxygen atoms in total. The van der Waals surface area contributed by atoms with Gasteiger partial charge in [-0.15, -0.1) is 17.4 Å². The van der Waals surface area contributed by atoms with Crippen LogP contribution in [0.2, 0.25) is 0 Å². The fourth-order valence-electron chi connectivity index (χ4n) is 1.17. The predicted molar refractivity (Wildman–Crippen MR) is 65.5 cm³/mol. The molecular weight excluding hydrogens is 216 g/mol. The summed E-state index contributed by atoms with van der Waals surface area (Å²) in [6, 6.07) is 0. The van der Waals surface area contributed by atoms with Gasteiger partial charge in [0.05, 0.1) is 0 Å². The maximum atomic E-state index is 11.6. The Hall–Kier alpha value is -1.83. The minimum Gasteiger partial charge on any atom is -0.349 e. The van der Waals surface area contributed by atoms with Gasteiger partial charge in [0.1, 0.15) is 5.82 Å². The van der Waals surface area contributed by atoms with Gasteiger partial charge >= 0.3 is 0 Å². The van der Waals surface area contributed by atoms with Crippen molar-refractivity contribution in [3.63, 3.8) is 0 Å². The predicted octanol–water partition coefficient (Wildman–Crippen LogP) is 1.25. The van der Waals surface area contributed by atoms with Gasteiger partial charge in [0, 0.05) is 18.4 Å². The van der Waals surface area contributed by atoms with E-state index in [1.54, 1.807) is 0 Å². The van der Waals surface area contributed by atoms with Crippen LogP contribution in [0.25, 0.3) is 0 Å². The van der Waals surface area contributed by atoms with Crippen LogP contribution < -0.4 is 5.32 Å². The number of amides is 1. The van der Waals surface area contributed by atoms with Gasteiger partial charge in [-0.2, -0.15) is 0 Å². The van der Waals surface area contributed by atoms with Crippen LogP contribution in [0.15, 0.2) is 0 Å². The van der Waals surface area contributed by atoms with Crippen molar-refractivity contribution in [2.75, 3.05) is 6.54 Å². The van der Waals surface area contributed by atoms with E-state index < -0.39 is 0 Å². The van der Waals surface area contributed by atoms with Crippen LogP contribution >= 0.6 is 0 Å². The molecule has 0 spiro atoms. The molecule has 0 aliphatic heterocycles. The Labute approximate surface area is 101 Å². The number of nitrogens with zero attached hydrogens (tertiary/aromatic N) is 2. The lowest BCUT2D eigenvalue weighted by atomic mass is 9.96. The Balaban J connectivity index is 2.53. The average Bonchev–Trinajstić information content (AvgIpc) is 2.72. The number of rotatable bonds is 4. The molecule has 0 aliphatic rings. The van der Waals surface area contributed by atoms with Crippen LogP contribution in [0.4, 0.5) is 0 Å². The number of hydrogen-bond donors (Lipinski definition) is 2. The number of carbonyl (C=O) groups is 1. The van der Waals surface area contributed by atoms with Crippen LogP contribution in [-0.2, 0) is 5.41 Å². The van der Waals surface area contributed by atoms with Gasteiger partial charge in [0.25, 0.3) is 5.91 Å². The number of H-pyrrole nitrogens is 1. The molecule has 0 saturated carbocycles. The molecule has 0 atom stereocenters. The summed E-state index contributed by atoms with van der Waals surface area (Å²) in [6.45, 7) is 6.55. The fraction of sp³-hybridized carbons (Fsp3) is 0.583. The zero-order valence-corrected chi connectivity index (χ0v) is 10.5. The quantitative estimate of drug-likeness (QED) is 0.608. The molecule has 1 amide bonds. The standard InChI is InChI=1S/C12H18N4O/c1-5-6-7-8-13-10(17)9-14-11(16-15-9)12(2,3)4/h1H,6-8H2,2-4H3,(H,13,17)(H,14,15,16). The molecule has 1 aromatic heterocycles. The summed E-state index contributed by atoms with van der Waals surface area (Å²) in [6.07, 6.45) is 6.53. The summed E-state index contributed by atoms with van der Waals surface area (Å²) in [7, 11) is 0. The number of carbonyl (C=O) groups excluding carboxylic acids is 1. The number of aromatic nitrogens is 3. The van der Waals surface area contributed by atoms with Gasteiger partial charge in [0.15, 0.2) is 0 Å². The van der Waals surface area contributed by atoms with Crippen molar-refractivity contribution in [3.8, 4) is 12.3 Å². The van der Waals surface area contributed by atoms with Gasteiger partial charge in [0.2, 0.25) is 5.82 Å². The lowest BCUT2D eigenvalue weighted by molar-refractivity contribution is 0.0943. The summed E-state index contributed by atoms with van der Waals surface area (Å²) >= 11 is 0. The highest BCUT2D eigenvalue weighted by Gasteiger charge is 2.20. The number of nitrogens with one attached hydrogen (secondary N) is 2. The summed E-state index contributed by atoms with van der Waals surface area (Å²) in [5, 5.41) is 9.39. The first-order valence-corrected chi connectivity index (χ1v) is 5.59. The maximum Gasteiger partial charge on any atom is 0.290 e. The normalized spacial score (nSPS) is 10.9. The Bertz CT molecular complexity index is 422. The Morgan fingerprint density at radius 1 is 1.53 bits per heavy atom. The van der Waals surface area contributed by atoms with E-state index in [2.05, 4.69) is 26.4 Å². The number of hydrogen-bond acceptors (Lipinski definition) is 3. The third-order valence-electron chi connectivity index (χ3n) is 2.18. The minimum atomic E-state index is -0.270. The Morgan fingerprint density at radius 2 is 2.24 bits per heavy atom. The van der Waals surface area contributed by atoms with Crippen LogP contribution in [-0.4, -0.2) is 27.6 Å². The van der Waals surface area contributed by atoms with Crippen LogP contribution in [0, 0.1) is 12.3 Å². The largest absolute Gasteiger partial charge is 0.349 e. The van der Waals surface area contributed by atoms with E-state index in [1.807, 2.05) is 20.8 Å². The average molecular weight is 234 g/mol. The SMILES string of the molecule is C#CCCCNC(=O)c1n[nH]c(C(C)(C)C)n1. The van der Waals surface area contributed by atoms with Gasteiger partial charge in [-0.1, -0.05) is 20.8 Å². The second-order valence-electron chi connectivity index (χ2n) is 4.82. The monoisotopic (exact) mass is 234 g/mol. The van der Waals surface area contributed by atoms with E-state index in [0.29, 0.717) is 18.8 Å². The smallest absolute Gasteiger partial charge is 0.290 e. The summed E-state index contributed by atoms with van der Waals surface area (Å²) in [4.78, 5) is 15.8. The zero-order valence-electron chi connectivity index (χ0n) is 10.5. The molecule has 0 radical (unpaired) electrons. The molecule has 1 heterocycles. The third kappa shape index (κ3) is 3.91. The zero-order chi connectivity index (χ0) is 12.9. The lowest BCUT2D eigenvalue weighted by Gasteiger charge is -2.12. The molecule has 17 heavy (non-hydrogen) atoms. The summed E-state index contributed by atoms with van der Waals surface area (Å²) < 4.78 is 0. The molecule has 0 saturated heterocycles. The van der Waals surface area contributed by atoms with Gasteiger partial charge in [-0.05, 0) is 6.42 Å². The van der Waals surface area contributed by atoms with E-state index in [1.165, 1.54) is 0 Å². The van der Waals surface area contributed by atoms with Crippen molar-refractivity contribution in [1.82, 2.24) is 20.5 Å². The van der Waals surface area contributed by atoms with Crippen LogP contribution in [0.1, 0.15) is 50.1 Å². The Morgan fingerprint density at radius 3 is 2.76 bits per heavy atom. The number of unbranched alkanes of at least 4 members (excludes halogenated alkanes) is 1. The molecular formula is C12H18N4O. The third-order valence-corrected chi connectivity index (χ3v) is 2.18. The van der Waals surface area contributed by atoms with E-state index in [4.69, 9.17) is 6.42 Å². The molecule has 92 valence electrons. The van der Waals surface area contributed by atoms with Gasteiger partial charge in [-0.3, -0.25) is 9.89 Å². The highest BCUT2D eigenvalue weighted by atomic mass is 16.2. The molecule has 2 N–H and O–H groups in total. The molecule has 0 aliphatic carbocycles. The van der Waals surface area contributed by atoms with Crippen molar-refractivity contribution in [2.24, 2.45) is 0 Å². The first-order valence-electron chi connectivity index (χ1n) is 5.59. The van der Waals surface area contributed by atoms with Crippen LogP contribution in [0.5, 0.6) is 0 Å². The van der Waals surface area contributed by atoms with Crippen molar-refractivity contribution in [2.45, 2.75) is 39.0 Å². The molecule has 1 rings (SSSR count). The minimum absolute atomic E-state index is 0.144. The van der Waals surface area contributed by atoms with Crippen molar-refractivity contribution < 1.29 is 4.79 Å². The second kappa shape index (κ2) is 5.48. The van der Waals surface area contributed by atoms with Gasteiger partial charge < -0.3 is 5.32 Å². The van der Waals surface area contributed by atoms with Gasteiger partial charge in [-0.25, -0.2) is 4.98 Å². The fourth-order valence-corrected chi connectivity index (χ4v) is 1.17. The van der Waals surface area contributed by atoms with Crippen molar-refractivity contribution in [1.29, 1.82) is 0 Å². The van der Waals surface area contributed by atoms with Crippen molar-refractivity contribution in [3.05, 3.63) is 11.6 Å². The number of aromatic amines is 1. The maximum absolute atomic E-state index is 11.6. The molecule has 0 bridgehead atoms. The van der Waals surface area contributed by atoms with Crippen molar-refractivity contribution >= 4 is 5.91 Å². The van der Waals surface area contributed by atoms with E-state index in [9.17, 15) is 4.79 Å². The topological polar surface area (TPSA) is 70.7 Å². The Kier molecular flexibility index (Phi) is 4.27. The highest BCUT2D eigenvalue weighted by molar-refractivity contribution is 5.90. The molecule has 0 unspecified atom stereocenters. The lowest BCUT2D eigenvalue weighted by Crippen LogP contribution is -2.25. The second-order valence-corrected chi connectivity index (χ2v) is 4.82. The molecule has 0 aromatic carbocycles. The van der Waals surface area contributed by atoms with Crippen LogP contribution in [0.3, 0.4) is 0 Å². The molecule has 5 heteroatoms. The molecule has 0 fully saturated rings. The van der Waals surface area contributed by atoms with E-state index in [0.717, 1.165) is 6.42 Å².